The van der Waals surface area contributed by atoms with Gasteiger partial charge in [0.25, 0.3) is 5.56 Å². The number of nitrogens with zero attached hydrogens (tertiary/aromatic N) is 2. The zero-order valence-corrected chi connectivity index (χ0v) is 21.3. The first-order chi connectivity index (χ1) is 16.7. The lowest BCUT2D eigenvalue weighted by atomic mass is 9.96. The van der Waals surface area contributed by atoms with Gasteiger partial charge in [0.05, 0.1) is 28.5 Å². The first-order valence-electron chi connectivity index (χ1n) is 10.6. The van der Waals surface area contributed by atoms with Crippen molar-refractivity contribution in [3.63, 3.8) is 0 Å². The average Bonchev–Trinajstić information content (AvgIpc) is 3.09. The Labute approximate surface area is 214 Å². The minimum absolute atomic E-state index is 0.174. The number of carbonyl (C=O) groups is 2. The van der Waals surface area contributed by atoms with Gasteiger partial charge in [-0.2, -0.15) is 0 Å². The van der Waals surface area contributed by atoms with Crippen molar-refractivity contribution in [3.8, 4) is 5.75 Å². The number of halogens is 2. The summed E-state index contributed by atoms with van der Waals surface area (Å²) >= 11 is 13.5. The number of benzene rings is 2. The second-order valence-corrected chi connectivity index (χ2v) is 9.48. The molecule has 0 N–H and O–H groups in total. The van der Waals surface area contributed by atoms with Crippen LogP contribution in [0.15, 0.2) is 63.5 Å². The van der Waals surface area contributed by atoms with Crippen LogP contribution >= 0.6 is 34.5 Å². The standard InChI is InChI=1S/C25H20Cl2N2O5S/c1-4-33-24(32)21-13(2)28-25-29(22(21)15-6-9-18(10-7-15)34-14(3)30)23(31)20(35-25)11-16-5-8-17(26)12-19(16)27/h5-12,22H,4H2,1-3H3/b20-11+/t22-/m0/s1. The van der Waals surface area contributed by atoms with Crippen molar-refractivity contribution in [1.29, 1.82) is 0 Å². The predicted molar refractivity (Wildman–Crippen MR) is 135 cm³/mol. The Balaban J connectivity index is 1.91. The molecule has 0 unspecified atom stereocenters. The van der Waals surface area contributed by atoms with Gasteiger partial charge in [0.1, 0.15) is 5.75 Å². The number of fused-ring (bicyclic) bond motifs is 1. The van der Waals surface area contributed by atoms with E-state index in [0.29, 0.717) is 42.0 Å². The highest BCUT2D eigenvalue weighted by Gasteiger charge is 2.33. The van der Waals surface area contributed by atoms with Crippen molar-refractivity contribution >= 4 is 52.6 Å². The van der Waals surface area contributed by atoms with Crippen molar-refractivity contribution < 1.29 is 19.1 Å². The molecule has 2 aromatic carbocycles. The van der Waals surface area contributed by atoms with E-state index in [1.807, 2.05) is 0 Å². The lowest BCUT2D eigenvalue weighted by Gasteiger charge is -2.24. The highest BCUT2D eigenvalue weighted by Crippen LogP contribution is 2.31. The molecule has 0 aliphatic carbocycles. The fraction of sp³-hybridized carbons (Fsp3) is 0.200. The molecule has 35 heavy (non-hydrogen) atoms. The second kappa shape index (κ2) is 10.2. The fourth-order valence-corrected chi connectivity index (χ4v) is 5.25. The fourth-order valence-electron chi connectivity index (χ4n) is 3.75. The highest BCUT2D eigenvalue weighted by atomic mass is 35.5. The summed E-state index contributed by atoms with van der Waals surface area (Å²) in [6, 6.07) is 10.9. The molecule has 4 rings (SSSR count). The molecule has 0 saturated heterocycles. The maximum absolute atomic E-state index is 13.6. The summed E-state index contributed by atoms with van der Waals surface area (Å²) in [6.07, 6.45) is 1.67. The van der Waals surface area contributed by atoms with Gasteiger partial charge in [-0.25, -0.2) is 9.79 Å². The van der Waals surface area contributed by atoms with Gasteiger partial charge in [0.2, 0.25) is 0 Å². The minimum Gasteiger partial charge on any atom is -0.463 e. The van der Waals surface area contributed by atoms with Crippen LogP contribution in [0.3, 0.4) is 0 Å². The zero-order valence-electron chi connectivity index (χ0n) is 19.0. The molecule has 0 saturated carbocycles. The van der Waals surface area contributed by atoms with Gasteiger partial charge in [-0.3, -0.25) is 14.2 Å². The Bertz CT molecular complexity index is 1540. The number of ether oxygens (including phenoxy) is 2. The van der Waals surface area contributed by atoms with Gasteiger partial charge < -0.3 is 9.47 Å². The molecule has 7 nitrogen and oxygen atoms in total. The van der Waals surface area contributed by atoms with E-state index < -0.39 is 18.0 Å². The summed E-state index contributed by atoms with van der Waals surface area (Å²) in [5.74, 6) is -0.656. The zero-order chi connectivity index (χ0) is 25.3. The third kappa shape index (κ3) is 5.10. The number of hydrogen-bond donors (Lipinski definition) is 0. The topological polar surface area (TPSA) is 87.0 Å². The van der Waals surface area contributed by atoms with Crippen LogP contribution < -0.4 is 19.6 Å². The molecule has 1 aliphatic rings. The smallest absolute Gasteiger partial charge is 0.338 e. The Morgan fingerprint density at radius 2 is 1.89 bits per heavy atom. The summed E-state index contributed by atoms with van der Waals surface area (Å²) < 4.78 is 12.3. The first kappa shape index (κ1) is 24.9. The molecule has 1 aliphatic heterocycles. The number of thiazole rings is 1. The van der Waals surface area contributed by atoms with Crippen LogP contribution in [-0.4, -0.2) is 23.1 Å². The van der Waals surface area contributed by atoms with Crippen molar-refractivity contribution in [2.24, 2.45) is 4.99 Å². The summed E-state index contributed by atoms with van der Waals surface area (Å²) in [5.41, 5.74) is 1.65. The molecular weight excluding hydrogens is 511 g/mol. The van der Waals surface area contributed by atoms with Crippen LogP contribution in [0.25, 0.3) is 6.08 Å². The van der Waals surface area contributed by atoms with Crippen LogP contribution in [0, 0.1) is 0 Å². The summed E-state index contributed by atoms with van der Waals surface area (Å²) in [5, 5.41) is 0.893. The van der Waals surface area contributed by atoms with E-state index >= 15 is 0 Å². The van der Waals surface area contributed by atoms with Gasteiger partial charge in [-0.1, -0.05) is 52.7 Å². The van der Waals surface area contributed by atoms with Crippen LogP contribution in [0.5, 0.6) is 5.75 Å². The molecular formula is C25H20Cl2N2O5S. The maximum Gasteiger partial charge on any atom is 0.338 e. The molecule has 0 radical (unpaired) electrons. The van der Waals surface area contributed by atoms with Gasteiger partial charge >= 0.3 is 11.9 Å². The third-order valence-electron chi connectivity index (χ3n) is 5.22. The molecule has 0 spiro atoms. The number of aromatic nitrogens is 1. The van der Waals surface area contributed by atoms with Gasteiger partial charge in [-0.05, 0) is 55.3 Å². The van der Waals surface area contributed by atoms with E-state index in [1.165, 1.54) is 22.8 Å². The predicted octanol–water partition coefficient (Wildman–Crippen LogP) is 4.03. The van der Waals surface area contributed by atoms with Crippen molar-refractivity contribution in [2.45, 2.75) is 26.8 Å². The Hall–Kier alpha value is -3.20. The second-order valence-electron chi connectivity index (χ2n) is 7.63. The highest BCUT2D eigenvalue weighted by molar-refractivity contribution is 7.07. The number of allylic oxidation sites excluding steroid dienone is 1. The molecule has 10 heteroatoms. The lowest BCUT2D eigenvalue weighted by molar-refractivity contribution is -0.139. The average molecular weight is 531 g/mol. The van der Waals surface area contributed by atoms with Crippen molar-refractivity contribution in [1.82, 2.24) is 4.57 Å². The molecule has 0 bridgehead atoms. The SMILES string of the molecule is CCOC(=O)C1=C(C)N=c2s/c(=C/c3ccc(Cl)cc3Cl)c(=O)n2[C@H]1c1ccc(OC(C)=O)cc1. The van der Waals surface area contributed by atoms with E-state index in [2.05, 4.69) is 4.99 Å². The number of hydrogen-bond acceptors (Lipinski definition) is 7. The van der Waals surface area contributed by atoms with Gasteiger partial charge in [0, 0.05) is 17.0 Å². The molecule has 180 valence electrons. The molecule has 1 aromatic heterocycles. The summed E-state index contributed by atoms with van der Waals surface area (Å²) in [6.45, 7) is 4.90. The van der Waals surface area contributed by atoms with E-state index in [9.17, 15) is 14.4 Å². The van der Waals surface area contributed by atoms with Gasteiger partial charge in [0.15, 0.2) is 4.80 Å². The monoisotopic (exact) mass is 530 g/mol. The lowest BCUT2D eigenvalue weighted by Crippen LogP contribution is -2.39. The summed E-state index contributed by atoms with van der Waals surface area (Å²) in [7, 11) is 0. The molecule has 0 fully saturated rings. The summed E-state index contributed by atoms with van der Waals surface area (Å²) in [4.78, 5) is 42.8. The van der Waals surface area contributed by atoms with E-state index in [4.69, 9.17) is 32.7 Å². The first-order valence-corrected chi connectivity index (χ1v) is 12.2. The molecule has 0 amide bonds. The number of rotatable bonds is 5. The van der Waals surface area contributed by atoms with Gasteiger partial charge in [-0.15, -0.1) is 0 Å². The molecule has 1 atom stereocenters. The van der Waals surface area contributed by atoms with E-state index in [-0.39, 0.29) is 17.7 Å². The maximum atomic E-state index is 13.6. The number of carbonyl (C=O) groups excluding carboxylic acids is 2. The van der Waals surface area contributed by atoms with E-state index in [0.717, 1.165) is 0 Å². The van der Waals surface area contributed by atoms with E-state index in [1.54, 1.807) is 62.4 Å². The quantitative estimate of drug-likeness (QED) is 0.367. The molecule has 2 heterocycles. The van der Waals surface area contributed by atoms with Crippen LogP contribution in [-0.2, 0) is 14.3 Å². The Morgan fingerprint density at radius 1 is 1.17 bits per heavy atom. The van der Waals surface area contributed by atoms with Crippen LogP contribution in [0.2, 0.25) is 10.0 Å². The third-order valence-corrected chi connectivity index (χ3v) is 6.77. The normalized spacial score (nSPS) is 15.5. The Kier molecular flexibility index (Phi) is 7.25. The van der Waals surface area contributed by atoms with Crippen molar-refractivity contribution in [3.05, 3.63) is 94.6 Å². The Morgan fingerprint density at radius 3 is 2.51 bits per heavy atom. The largest absolute Gasteiger partial charge is 0.463 e. The number of esters is 2. The van der Waals surface area contributed by atoms with Crippen LogP contribution in [0.1, 0.15) is 37.9 Å². The minimum atomic E-state index is -0.778. The van der Waals surface area contributed by atoms with Crippen molar-refractivity contribution in [2.75, 3.05) is 6.61 Å². The molecule has 3 aromatic rings. The van der Waals surface area contributed by atoms with Crippen LogP contribution in [0.4, 0.5) is 0 Å².